The van der Waals surface area contributed by atoms with Crippen LogP contribution in [0.1, 0.15) is 11.1 Å². The van der Waals surface area contributed by atoms with Crippen molar-refractivity contribution in [2.45, 2.75) is 19.0 Å². The molecule has 3 aromatic carbocycles. The van der Waals surface area contributed by atoms with Crippen molar-refractivity contribution in [2.75, 3.05) is 11.1 Å². The third kappa shape index (κ3) is 5.61. The average Bonchev–Trinajstić information content (AvgIpc) is 3.20. The molecule has 4 aromatic rings. The van der Waals surface area contributed by atoms with Gasteiger partial charge in [-0.1, -0.05) is 50.9 Å². The van der Waals surface area contributed by atoms with Crippen molar-refractivity contribution in [3.05, 3.63) is 86.3 Å². The van der Waals surface area contributed by atoms with Crippen LogP contribution in [-0.2, 0) is 4.79 Å². The highest BCUT2D eigenvalue weighted by Crippen LogP contribution is 2.30. The molecule has 0 fully saturated rings. The number of benzene rings is 3. The number of hydrogen-bond acceptors (Lipinski definition) is 4. The zero-order valence-electron chi connectivity index (χ0n) is 17.8. The Morgan fingerprint density at radius 2 is 1.55 bits per heavy atom. The van der Waals surface area contributed by atoms with E-state index in [0.29, 0.717) is 21.0 Å². The van der Waals surface area contributed by atoms with Gasteiger partial charge in [0.25, 0.3) is 0 Å². The van der Waals surface area contributed by atoms with Crippen molar-refractivity contribution in [1.29, 1.82) is 0 Å². The summed E-state index contributed by atoms with van der Waals surface area (Å²) in [5.41, 5.74) is 4.52. The van der Waals surface area contributed by atoms with Crippen LogP contribution in [0.4, 0.5) is 5.69 Å². The predicted molar refractivity (Wildman–Crippen MR) is 140 cm³/mol. The second-order valence-electron chi connectivity index (χ2n) is 7.38. The Balaban J connectivity index is 1.60. The number of thioether (sulfide) groups is 1. The zero-order chi connectivity index (χ0) is 23.5. The van der Waals surface area contributed by atoms with Gasteiger partial charge in [0.05, 0.1) is 5.75 Å². The summed E-state index contributed by atoms with van der Waals surface area (Å²) >= 11 is 16.9. The van der Waals surface area contributed by atoms with Crippen molar-refractivity contribution in [1.82, 2.24) is 14.8 Å². The molecule has 0 aliphatic heterocycles. The van der Waals surface area contributed by atoms with E-state index in [4.69, 9.17) is 23.2 Å². The monoisotopic (exact) mass is 560 g/mol. The molecule has 1 aromatic heterocycles. The number of anilines is 1. The van der Waals surface area contributed by atoms with Crippen molar-refractivity contribution in [3.8, 4) is 17.1 Å². The molecule has 0 aliphatic rings. The number of nitrogens with zero attached hydrogens (tertiary/aromatic N) is 3. The maximum atomic E-state index is 12.7. The van der Waals surface area contributed by atoms with Gasteiger partial charge in [0.1, 0.15) is 0 Å². The van der Waals surface area contributed by atoms with Gasteiger partial charge in [0.15, 0.2) is 11.0 Å². The molecular weight excluding hydrogens is 543 g/mol. The average molecular weight is 562 g/mol. The van der Waals surface area contributed by atoms with E-state index in [1.807, 2.05) is 66.9 Å². The minimum Gasteiger partial charge on any atom is -0.325 e. The molecule has 0 saturated carbocycles. The molecule has 1 N–H and O–H groups in total. The lowest BCUT2D eigenvalue weighted by atomic mass is 10.1. The van der Waals surface area contributed by atoms with Gasteiger partial charge in [0, 0.05) is 31.5 Å². The van der Waals surface area contributed by atoms with Crippen molar-refractivity contribution in [3.63, 3.8) is 0 Å². The zero-order valence-corrected chi connectivity index (χ0v) is 21.7. The van der Waals surface area contributed by atoms with E-state index < -0.39 is 0 Å². The van der Waals surface area contributed by atoms with Crippen LogP contribution in [0, 0.1) is 13.8 Å². The number of rotatable bonds is 6. The summed E-state index contributed by atoms with van der Waals surface area (Å²) in [6, 6.07) is 18.7. The summed E-state index contributed by atoms with van der Waals surface area (Å²) in [4.78, 5) is 12.7. The lowest BCUT2D eigenvalue weighted by Crippen LogP contribution is -2.16. The Hall–Kier alpha value is -2.32. The lowest BCUT2D eigenvalue weighted by molar-refractivity contribution is -0.113. The molecular formula is C24H19BrCl2N4OS. The molecule has 0 bridgehead atoms. The van der Waals surface area contributed by atoms with Gasteiger partial charge in [-0.3, -0.25) is 9.36 Å². The fourth-order valence-corrected chi connectivity index (χ4v) is 5.08. The number of carbonyl (C=O) groups is 1. The maximum absolute atomic E-state index is 12.7. The summed E-state index contributed by atoms with van der Waals surface area (Å²) in [5.74, 6) is 0.713. The first kappa shape index (κ1) is 23.8. The predicted octanol–water partition coefficient (Wildman–Crippen LogP) is 7.35. The Labute approximate surface area is 214 Å². The van der Waals surface area contributed by atoms with Crippen LogP contribution < -0.4 is 5.32 Å². The number of amides is 1. The van der Waals surface area contributed by atoms with Crippen LogP contribution >= 0.6 is 50.9 Å². The molecule has 0 saturated heterocycles. The molecule has 0 atom stereocenters. The van der Waals surface area contributed by atoms with Crippen molar-refractivity contribution in [2.24, 2.45) is 0 Å². The Morgan fingerprint density at radius 1 is 0.970 bits per heavy atom. The lowest BCUT2D eigenvalue weighted by Gasteiger charge is -2.13. The topological polar surface area (TPSA) is 59.8 Å². The van der Waals surface area contributed by atoms with E-state index in [1.54, 1.807) is 12.1 Å². The first-order valence-corrected chi connectivity index (χ1v) is 12.5. The molecule has 0 aliphatic carbocycles. The van der Waals surface area contributed by atoms with Gasteiger partial charge in [0.2, 0.25) is 5.91 Å². The van der Waals surface area contributed by atoms with E-state index in [2.05, 4.69) is 31.4 Å². The van der Waals surface area contributed by atoms with Crippen LogP contribution in [0.5, 0.6) is 0 Å². The first-order valence-electron chi connectivity index (χ1n) is 9.98. The molecule has 168 valence electrons. The summed E-state index contributed by atoms with van der Waals surface area (Å²) in [6.07, 6.45) is 0. The van der Waals surface area contributed by atoms with E-state index >= 15 is 0 Å². The molecule has 4 rings (SSSR count). The molecule has 0 spiro atoms. The Morgan fingerprint density at radius 3 is 2.15 bits per heavy atom. The number of aryl methyl sites for hydroxylation is 2. The highest BCUT2D eigenvalue weighted by Gasteiger charge is 2.18. The number of halogens is 3. The quantitative estimate of drug-likeness (QED) is 0.250. The molecule has 0 radical (unpaired) electrons. The molecule has 1 heterocycles. The van der Waals surface area contributed by atoms with Gasteiger partial charge in [-0.25, -0.2) is 0 Å². The van der Waals surface area contributed by atoms with Gasteiger partial charge < -0.3 is 5.32 Å². The summed E-state index contributed by atoms with van der Waals surface area (Å²) in [5, 5.41) is 13.6. The summed E-state index contributed by atoms with van der Waals surface area (Å²) in [7, 11) is 0. The van der Waals surface area contributed by atoms with Crippen LogP contribution in [-0.4, -0.2) is 26.4 Å². The second-order valence-corrected chi connectivity index (χ2v) is 10.1. The Kier molecular flexibility index (Phi) is 7.44. The van der Waals surface area contributed by atoms with E-state index in [0.717, 1.165) is 32.5 Å². The van der Waals surface area contributed by atoms with E-state index in [-0.39, 0.29) is 11.7 Å². The van der Waals surface area contributed by atoms with Crippen LogP contribution in [0.2, 0.25) is 10.0 Å². The minimum atomic E-state index is -0.118. The second kappa shape index (κ2) is 10.3. The molecule has 0 unspecified atom stereocenters. The number of hydrogen-bond donors (Lipinski definition) is 1. The number of nitrogens with one attached hydrogen (secondary N) is 1. The highest BCUT2D eigenvalue weighted by molar-refractivity contribution is 9.10. The highest BCUT2D eigenvalue weighted by atomic mass is 79.9. The van der Waals surface area contributed by atoms with Crippen LogP contribution in [0.25, 0.3) is 17.1 Å². The fraction of sp³-hybridized carbons (Fsp3) is 0.125. The Bertz CT molecular complexity index is 1280. The standard InChI is InChI=1S/C24H19BrCl2N4OS/c1-14-11-17(25)12-15(2)22(14)28-21(32)13-33-24-30-29-23(16-3-5-18(26)6-4-16)31(24)20-9-7-19(27)8-10-20/h3-12H,13H2,1-2H3,(H,28,32). The number of carbonyl (C=O) groups excluding carboxylic acids is 1. The van der Waals surface area contributed by atoms with Crippen molar-refractivity contribution >= 4 is 62.5 Å². The van der Waals surface area contributed by atoms with Gasteiger partial charge >= 0.3 is 0 Å². The summed E-state index contributed by atoms with van der Waals surface area (Å²) in [6.45, 7) is 3.94. The first-order chi connectivity index (χ1) is 15.8. The van der Waals surface area contributed by atoms with E-state index in [1.165, 1.54) is 11.8 Å². The molecule has 5 nitrogen and oxygen atoms in total. The largest absolute Gasteiger partial charge is 0.325 e. The molecule has 9 heteroatoms. The van der Waals surface area contributed by atoms with Crippen molar-refractivity contribution < 1.29 is 4.79 Å². The van der Waals surface area contributed by atoms with E-state index in [9.17, 15) is 4.79 Å². The van der Waals surface area contributed by atoms with Gasteiger partial charge in [-0.05, 0) is 85.6 Å². The maximum Gasteiger partial charge on any atom is 0.234 e. The number of aromatic nitrogens is 3. The molecule has 33 heavy (non-hydrogen) atoms. The van der Waals surface area contributed by atoms with Crippen LogP contribution in [0.15, 0.2) is 70.3 Å². The third-order valence-corrected chi connectivity index (χ3v) is 6.81. The van der Waals surface area contributed by atoms with Gasteiger partial charge in [-0.15, -0.1) is 10.2 Å². The SMILES string of the molecule is Cc1cc(Br)cc(C)c1NC(=O)CSc1nnc(-c2ccc(Cl)cc2)n1-c1ccc(Cl)cc1. The minimum absolute atomic E-state index is 0.118. The van der Waals surface area contributed by atoms with Crippen LogP contribution in [0.3, 0.4) is 0 Å². The third-order valence-electron chi connectivity index (χ3n) is 4.91. The smallest absolute Gasteiger partial charge is 0.234 e. The summed E-state index contributed by atoms with van der Waals surface area (Å²) < 4.78 is 2.89. The van der Waals surface area contributed by atoms with Gasteiger partial charge in [-0.2, -0.15) is 0 Å². The fourth-order valence-electron chi connectivity index (χ4n) is 3.39. The molecule has 1 amide bonds. The normalized spacial score (nSPS) is 10.9.